The molecule has 35 heavy (non-hydrogen) atoms. The number of nitriles is 1. The average Bonchev–Trinajstić information content (AvgIpc) is 3.23. The van der Waals surface area contributed by atoms with Crippen LogP contribution < -0.4 is 10.2 Å². The zero-order valence-corrected chi connectivity index (χ0v) is 18.7. The Morgan fingerprint density at radius 3 is 2.74 bits per heavy atom. The fraction of sp³-hybridized carbons (Fsp3) is 0.292. The van der Waals surface area contributed by atoms with Crippen molar-refractivity contribution in [3.05, 3.63) is 71.3 Å². The van der Waals surface area contributed by atoms with Crippen LogP contribution in [0.5, 0.6) is 0 Å². The molecule has 1 atom stereocenters. The number of carbonyl (C=O) groups is 2. The number of anilines is 2. The largest absolute Gasteiger partial charge is 0.389 e. The lowest BCUT2D eigenvalue weighted by molar-refractivity contribution is -0.135. The highest BCUT2D eigenvalue weighted by molar-refractivity contribution is 6.15. The summed E-state index contributed by atoms with van der Waals surface area (Å²) < 4.78 is 38.6. The minimum Gasteiger partial charge on any atom is -0.322 e. The van der Waals surface area contributed by atoms with E-state index in [2.05, 4.69) is 15.4 Å². The summed E-state index contributed by atoms with van der Waals surface area (Å²) in [5, 5.41) is 15.9. The molecule has 1 N–H and O–H groups in total. The normalized spacial score (nSPS) is 15.5. The molecule has 1 aliphatic rings. The lowest BCUT2D eigenvalue weighted by Crippen LogP contribution is -2.47. The van der Waals surface area contributed by atoms with Gasteiger partial charge in [0.25, 0.3) is 11.8 Å². The number of rotatable bonds is 6. The van der Waals surface area contributed by atoms with Crippen LogP contribution in [0.3, 0.4) is 0 Å². The van der Waals surface area contributed by atoms with Crippen LogP contribution in [0.15, 0.2) is 48.8 Å². The van der Waals surface area contributed by atoms with E-state index in [0.29, 0.717) is 29.2 Å². The fourth-order valence-corrected chi connectivity index (χ4v) is 3.98. The maximum Gasteiger partial charge on any atom is 0.389 e. The molecule has 4 rings (SSSR count). The van der Waals surface area contributed by atoms with Crippen molar-refractivity contribution in [2.75, 3.05) is 10.2 Å². The van der Waals surface area contributed by atoms with E-state index in [0.717, 1.165) is 0 Å². The van der Waals surface area contributed by atoms with E-state index < -0.39 is 24.4 Å². The molecule has 1 aromatic carbocycles. The molecule has 0 bridgehead atoms. The van der Waals surface area contributed by atoms with E-state index in [4.69, 9.17) is 5.26 Å². The second kappa shape index (κ2) is 9.58. The SMILES string of the molecule is C[C@H]1Cn2ncc(C(=O)Nc3cccc(C#N)c3)c2C(=O)N1c1ccc(CCCC(F)(F)F)nc1. The number of nitrogens with zero attached hydrogens (tertiary/aromatic N) is 5. The molecule has 180 valence electrons. The van der Waals surface area contributed by atoms with E-state index in [9.17, 15) is 22.8 Å². The summed E-state index contributed by atoms with van der Waals surface area (Å²) in [6.07, 6.45) is -2.20. The number of nitrogens with one attached hydrogen (secondary N) is 1. The predicted molar refractivity (Wildman–Crippen MR) is 121 cm³/mol. The first kappa shape index (κ1) is 23.9. The Hall–Kier alpha value is -4.20. The first-order valence-electron chi connectivity index (χ1n) is 10.9. The van der Waals surface area contributed by atoms with Gasteiger partial charge in [-0.15, -0.1) is 0 Å². The van der Waals surface area contributed by atoms with Crippen molar-refractivity contribution >= 4 is 23.2 Å². The monoisotopic (exact) mass is 482 g/mol. The lowest BCUT2D eigenvalue weighted by Gasteiger charge is -2.34. The molecule has 0 radical (unpaired) electrons. The van der Waals surface area contributed by atoms with Crippen LogP contribution in [0, 0.1) is 11.3 Å². The summed E-state index contributed by atoms with van der Waals surface area (Å²) in [5.74, 6) is -0.980. The number of pyridine rings is 1. The zero-order valence-electron chi connectivity index (χ0n) is 18.7. The van der Waals surface area contributed by atoms with Gasteiger partial charge < -0.3 is 10.2 Å². The molecule has 2 amide bonds. The molecular weight excluding hydrogens is 461 g/mol. The van der Waals surface area contributed by atoms with Crippen molar-refractivity contribution in [3.63, 3.8) is 0 Å². The van der Waals surface area contributed by atoms with E-state index >= 15 is 0 Å². The van der Waals surface area contributed by atoms with Crippen molar-refractivity contribution in [2.45, 2.75) is 44.9 Å². The maximum absolute atomic E-state index is 13.4. The third kappa shape index (κ3) is 5.32. The van der Waals surface area contributed by atoms with E-state index in [1.165, 1.54) is 28.0 Å². The van der Waals surface area contributed by atoms with Gasteiger partial charge in [-0.05, 0) is 50.1 Å². The van der Waals surface area contributed by atoms with Crippen LogP contribution >= 0.6 is 0 Å². The number of alkyl halides is 3. The number of carbonyl (C=O) groups excluding carboxylic acids is 2. The molecule has 0 saturated carbocycles. The van der Waals surface area contributed by atoms with Crippen molar-refractivity contribution in [1.82, 2.24) is 14.8 Å². The topological polar surface area (TPSA) is 104 Å². The number of aromatic nitrogens is 3. The summed E-state index contributed by atoms with van der Waals surface area (Å²) >= 11 is 0. The van der Waals surface area contributed by atoms with E-state index in [1.54, 1.807) is 30.3 Å². The third-order valence-corrected chi connectivity index (χ3v) is 5.61. The van der Waals surface area contributed by atoms with Crippen molar-refractivity contribution in [2.24, 2.45) is 0 Å². The molecule has 0 saturated heterocycles. The third-order valence-electron chi connectivity index (χ3n) is 5.61. The van der Waals surface area contributed by atoms with Crippen LogP contribution in [0.25, 0.3) is 0 Å². The summed E-state index contributed by atoms with van der Waals surface area (Å²) in [5.41, 5.74) is 1.97. The molecule has 8 nitrogen and oxygen atoms in total. The quantitative estimate of drug-likeness (QED) is 0.563. The average molecular weight is 482 g/mol. The summed E-state index contributed by atoms with van der Waals surface area (Å²) in [7, 11) is 0. The Labute approximate surface area is 199 Å². The van der Waals surface area contributed by atoms with Crippen LogP contribution in [0.1, 0.15) is 51.9 Å². The van der Waals surface area contributed by atoms with E-state index in [-0.39, 0.29) is 30.1 Å². The van der Waals surface area contributed by atoms with Gasteiger partial charge in [-0.1, -0.05) is 6.07 Å². The van der Waals surface area contributed by atoms with Crippen molar-refractivity contribution in [1.29, 1.82) is 5.26 Å². The molecule has 1 aliphatic heterocycles. The molecule has 0 aliphatic carbocycles. The Bertz CT molecular complexity index is 1290. The Balaban J connectivity index is 1.53. The van der Waals surface area contributed by atoms with Crippen LogP contribution in [-0.4, -0.2) is 38.8 Å². The molecule has 0 spiro atoms. The van der Waals surface area contributed by atoms with Gasteiger partial charge in [-0.2, -0.15) is 23.5 Å². The van der Waals surface area contributed by atoms with Gasteiger partial charge in [0, 0.05) is 17.8 Å². The van der Waals surface area contributed by atoms with Crippen molar-refractivity contribution < 1.29 is 22.8 Å². The molecule has 0 fully saturated rings. The second-order valence-corrected chi connectivity index (χ2v) is 8.24. The van der Waals surface area contributed by atoms with Gasteiger partial charge in [-0.3, -0.25) is 19.3 Å². The Morgan fingerprint density at radius 2 is 2.06 bits per heavy atom. The molecule has 3 heterocycles. The van der Waals surface area contributed by atoms with Gasteiger partial charge in [0.15, 0.2) is 0 Å². The highest BCUT2D eigenvalue weighted by atomic mass is 19.4. The van der Waals surface area contributed by atoms with Crippen molar-refractivity contribution in [3.8, 4) is 6.07 Å². The minimum atomic E-state index is -4.21. The molecule has 0 unspecified atom stereocenters. The second-order valence-electron chi connectivity index (χ2n) is 8.24. The first-order chi connectivity index (χ1) is 16.7. The van der Waals surface area contributed by atoms with Gasteiger partial charge in [-0.25, -0.2) is 0 Å². The highest BCUT2D eigenvalue weighted by Gasteiger charge is 2.36. The molecular formula is C24H21F3N6O2. The number of aryl methyl sites for hydroxylation is 1. The standard InChI is InChI=1S/C24H21F3N6O2/c1-15-14-32-21(20(13-30-32)22(34)31-18-5-2-4-16(10-18)11-28)23(35)33(15)19-8-7-17(29-12-19)6-3-9-24(25,26)27/h2,4-5,7-8,10,12-13,15H,3,6,9,14H2,1H3,(H,31,34)/t15-/m0/s1. The fourth-order valence-electron chi connectivity index (χ4n) is 3.98. The van der Waals surface area contributed by atoms with Gasteiger partial charge >= 0.3 is 6.18 Å². The number of amides is 2. The Kier molecular flexibility index (Phi) is 6.55. The predicted octanol–water partition coefficient (Wildman–Crippen LogP) is 4.34. The molecule has 11 heteroatoms. The maximum atomic E-state index is 13.4. The highest BCUT2D eigenvalue weighted by Crippen LogP contribution is 2.28. The smallest absolute Gasteiger partial charge is 0.322 e. The molecule has 2 aromatic heterocycles. The summed E-state index contributed by atoms with van der Waals surface area (Å²) in [6, 6.07) is 11.3. The molecule has 3 aromatic rings. The van der Waals surface area contributed by atoms with Crippen LogP contribution in [0.2, 0.25) is 0 Å². The number of benzene rings is 1. The van der Waals surface area contributed by atoms with Gasteiger partial charge in [0.1, 0.15) is 5.69 Å². The Morgan fingerprint density at radius 1 is 1.26 bits per heavy atom. The number of hydrogen-bond acceptors (Lipinski definition) is 5. The van der Waals surface area contributed by atoms with Crippen LogP contribution in [0.4, 0.5) is 24.5 Å². The number of fused-ring (bicyclic) bond motifs is 1. The van der Waals surface area contributed by atoms with Crippen LogP contribution in [-0.2, 0) is 13.0 Å². The lowest BCUT2D eigenvalue weighted by atomic mass is 10.1. The first-order valence-corrected chi connectivity index (χ1v) is 10.9. The summed E-state index contributed by atoms with van der Waals surface area (Å²) in [4.78, 5) is 32.1. The van der Waals surface area contributed by atoms with Gasteiger partial charge in [0.2, 0.25) is 0 Å². The zero-order chi connectivity index (χ0) is 25.2. The minimum absolute atomic E-state index is 0.0656. The number of hydrogen-bond donors (Lipinski definition) is 1. The summed E-state index contributed by atoms with van der Waals surface area (Å²) in [6.45, 7) is 2.17. The number of halogens is 3. The van der Waals surface area contributed by atoms with Gasteiger partial charge in [0.05, 0.1) is 47.9 Å². The van der Waals surface area contributed by atoms with E-state index in [1.807, 2.05) is 13.0 Å².